The molecule has 0 bridgehead atoms. The zero-order chi connectivity index (χ0) is 26.0. The van der Waals surface area contributed by atoms with Crippen molar-refractivity contribution in [3.8, 4) is 11.5 Å². The zero-order valence-corrected chi connectivity index (χ0v) is 20.4. The largest absolute Gasteiger partial charge is 0.508 e. The molecule has 1 N–H and O–H groups in total. The van der Waals surface area contributed by atoms with Gasteiger partial charge in [-0.15, -0.1) is 0 Å². The fourth-order valence-corrected chi connectivity index (χ4v) is 6.46. The molecule has 0 aromatic heterocycles. The summed E-state index contributed by atoms with van der Waals surface area (Å²) in [5, 5.41) is 10.9. The molecular weight excluding hydrogens is 470 g/mol. The number of benzene rings is 2. The molecule has 2 aromatic rings. The number of carbonyl (C=O) groups is 4. The van der Waals surface area contributed by atoms with Crippen LogP contribution in [0, 0.1) is 17.8 Å². The SMILES string of the molecule is COc1ccc(O)c(C2C3=CCC4C(=O)N(c5ccccc5)C(=O)C4C3CC3=C2C(=O)C=C(C)C3=O)c1. The lowest BCUT2D eigenvalue weighted by Gasteiger charge is -2.42. The van der Waals surface area contributed by atoms with Gasteiger partial charge in [-0.25, -0.2) is 0 Å². The third-order valence-electron chi connectivity index (χ3n) is 8.12. The molecular formula is C30H25NO6. The van der Waals surface area contributed by atoms with Gasteiger partial charge in [0.05, 0.1) is 24.6 Å². The molecule has 1 aliphatic heterocycles. The van der Waals surface area contributed by atoms with Crippen molar-refractivity contribution in [2.45, 2.75) is 25.7 Å². The van der Waals surface area contributed by atoms with E-state index in [2.05, 4.69) is 0 Å². The lowest BCUT2D eigenvalue weighted by molar-refractivity contribution is -0.123. The van der Waals surface area contributed by atoms with E-state index in [1.54, 1.807) is 43.3 Å². The fourth-order valence-electron chi connectivity index (χ4n) is 6.46. The third kappa shape index (κ3) is 3.34. The predicted molar refractivity (Wildman–Crippen MR) is 135 cm³/mol. The van der Waals surface area contributed by atoms with Crippen LogP contribution in [-0.2, 0) is 19.2 Å². The average molecular weight is 496 g/mol. The van der Waals surface area contributed by atoms with Crippen molar-refractivity contribution >= 4 is 29.1 Å². The summed E-state index contributed by atoms with van der Waals surface area (Å²) in [6, 6.07) is 13.6. The number of para-hydroxylation sites is 1. The Morgan fingerprint density at radius 1 is 0.973 bits per heavy atom. The number of phenolic OH excluding ortho intramolecular Hbond substituents is 1. The van der Waals surface area contributed by atoms with E-state index in [9.17, 15) is 24.3 Å². The van der Waals surface area contributed by atoms with E-state index in [0.717, 1.165) is 5.57 Å². The fraction of sp³-hybridized carbons (Fsp3) is 0.267. The lowest BCUT2D eigenvalue weighted by Crippen LogP contribution is -2.39. The number of rotatable bonds is 3. The van der Waals surface area contributed by atoms with Crippen molar-refractivity contribution in [2.75, 3.05) is 12.0 Å². The second-order valence-corrected chi connectivity index (χ2v) is 10.0. The van der Waals surface area contributed by atoms with Crippen molar-refractivity contribution in [3.63, 3.8) is 0 Å². The molecule has 37 heavy (non-hydrogen) atoms. The topological polar surface area (TPSA) is 101 Å². The van der Waals surface area contributed by atoms with Gasteiger partial charge in [-0.05, 0) is 62.1 Å². The Kier molecular flexibility index (Phi) is 5.26. The van der Waals surface area contributed by atoms with E-state index in [0.29, 0.717) is 40.1 Å². The number of carbonyl (C=O) groups excluding carboxylic acids is 4. The minimum absolute atomic E-state index is 0.0346. The standard InChI is InChI=1S/C30H25NO6/c1-15-12-24(33)27-22(28(15)34)14-20-18(25(27)21-13-17(37-2)8-11-23(21)32)9-10-19-26(20)30(36)31(29(19)35)16-6-4-3-5-7-16/h3-9,11-13,19-20,25-26,32H,10,14H2,1-2H3. The van der Waals surface area contributed by atoms with E-state index in [1.807, 2.05) is 12.1 Å². The summed E-state index contributed by atoms with van der Waals surface area (Å²) in [7, 11) is 1.51. The number of Topliss-reactive ketones (excluding diaryl/α,β-unsaturated/α-hetero) is 1. The van der Waals surface area contributed by atoms with Gasteiger partial charge in [0.25, 0.3) is 0 Å². The lowest BCUT2D eigenvalue weighted by atomic mass is 9.59. The van der Waals surface area contributed by atoms with E-state index >= 15 is 0 Å². The summed E-state index contributed by atoms with van der Waals surface area (Å²) in [6.07, 6.45) is 3.81. The third-order valence-corrected chi connectivity index (χ3v) is 8.12. The molecule has 6 rings (SSSR count). The number of hydrogen-bond acceptors (Lipinski definition) is 6. The molecule has 2 aromatic carbocycles. The van der Waals surface area contributed by atoms with Gasteiger partial charge in [-0.2, -0.15) is 0 Å². The van der Waals surface area contributed by atoms with Crippen LogP contribution >= 0.6 is 0 Å². The Labute approximate surface area is 213 Å². The van der Waals surface area contributed by atoms with E-state index in [-0.39, 0.29) is 35.6 Å². The first-order chi connectivity index (χ1) is 17.8. The molecule has 1 saturated heterocycles. The van der Waals surface area contributed by atoms with Gasteiger partial charge in [0.1, 0.15) is 11.5 Å². The molecule has 0 saturated carbocycles. The number of ketones is 2. The number of ether oxygens (including phenoxy) is 1. The number of aromatic hydroxyl groups is 1. The first-order valence-electron chi connectivity index (χ1n) is 12.3. The van der Waals surface area contributed by atoms with Crippen molar-refractivity contribution in [1.29, 1.82) is 0 Å². The summed E-state index contributed by atoms with van der Waals surface area (Å²) in [4.78, 5) is 55.2. The zero-order valence-electron chi connectivity index (χ0n) is 20.4. The summed E-state index contributed by atoms with van der Waals surface area (Å²) < 4.78 is 5.39. The number of hydrogen-bond donors (Lipinski definition) is 1. The second kappa shape index (κ2) is 8.40. The van der Waals surface area contributed by atoms with E-state index < -0.39 is 23.7 Å². The summed E-state index contributed by atoms with van der Waals surface area (Å²) >= 11 is 0. The quantitative estimate of drug-likeness (QED) is 0.392. The molecule has 1 heterocycles. The average Bonchev–Trinajstić information content (AvgIpc) is 3.16. The van der Waals surface area contributed by atoms with Crippen molar-refractivity contribution in [3.05, 3.63) is 88.5 Å². The second-order valence-electron chi connectivity index (χ2n) is 10.0. The van der Waals surface area contributed by atoms with E-state index in [1.165, 1.54) is 24.2 Å². The van der Waals surface area contributed by atoms with Gasteiger partial charge in [0, 0.05) is 28.2 Å². The molecule has 1 fully saturated rings. The highest BCUT2D eigenvalue weighted by Crippen LogP contribution is 2.56. The van der Waals surface area contributed by atoms with E-state index in [4.69, 9.17) is 4.74 Å². The maximum atomic E-state index is 13.8. The normalized spacial score (nSPS) is 26.9. The van der Waals surface area contributed by atoms with Crippen LogP contribution in [0.15, 0.2) is 83.0 Å². The number of amides is 2. The summed E-state index contributed by atoms with van der Waals surface area (Å²) in [5.74, 6) is -2.99. The van der Waals surface area contributed by atoms with Crippen molar-refractivity contribution in [2.24, 2.45) is 17.8 Å². The Bertz CT molecular complexity index is 1480. The predicted octanol–water partition coefficient (Wildman–Crippen LogP) is 4.03. The Morgan fingerprint density at radius 2 is 1.73 bits per heavy atom. The molecule has 7 nitrogen and oxygen atoms in total. The van der Waals surface area contributed by atoms with Gasteiger partial charge in [0.2, 0.25) is 11.8 Å². The smallest absolute Gasteiger partial charge is 0.238 e. The van der Waals surface area contributed by atoms with Crippen LogP contribution < -0.4 is 9.64 Å². The van der Waals surface area contributed by atoms with Gasteiger partial charge in [-0.3, -0.25) is 24.1 Å². The van der Waals surface area contributed by atoms with Gasteiger partial charge in [0.15, 0.2) is 11.6 Å². The number of anilines is 1. The first-order valence-corrected chi connectivity index (χ1v) is 12.3. The maximum absolute atomic E-state index is 13.8. The molecule has 0 radical (unpaired) electrons. The molecule has 2 amide bonds. The highest BCUT2D eigenvalue weighted by Gasteiger charge is 2.56. The number of methoxy groups -OCH3 is 1. The Hall–Kier alpha value is -4.26. The molecule has 186 valence electrons. The number of allylic oxidation sites excluding steroid dienone is 6. The number of nitrogens with zero attached hydrogens (tertiary/aromatic N) is 1. The molecule has 4 atom stereocenters. The molecule has 4 aliphatic rings. The molecule has 3 aliphatic carbocycles. The van der Waals surface area contributed by atoms with Crippen LogP contribution in [0.25, 0.3) is 0 Å². The van der Waals surface area contributed by atoms with Crippen molar-refractivity contribution < 1.29 is 29.0 Å². The monoisotopic (exact) mass is 495 g/mol. The number of phenols is 1. The Morgan fingerprint density at radius 3 is 2.46 bits per heavy atom. The number of imide groups is 1. The number of fused-ring (bicyclic) bond motifs is 3. The van der Waals surface area contributed by atoms with Crippen LogP contribution in [0.1, 0.15) is 31.2 Å². The molecule has 7 heteroatoms. The molecule has 0 spiro atoms. The highest BCUT2D eigenvalue weighted by molar-refractivity contribution is 6.25. The van der Waals surface area contributed by atoms with Crippen LogP contribution in [0.5, 0.6) is 11.5 Å². The van der Waals surface area contributed by atoms with Gasteiger partial charge in [-0.1, -0.05) is 29.8 Å². The van der Waals surface area contributed by atoms with Crippen LogP contribution in [-0.4, -0.2) is 35.6 Å². The minimum atomic E-state index is -0.723. The van der Waals surface area contributed by atoms with Crippen LogP contribution in [0.3, 0.4) is 0 Å². The minimum Gasteiger partial charge on any atom is -0.508 e. The van der Waals surface area contributed by atoms with Crippen LogP contribution in [0.4, 0.5) is 5.69 Å². The molecule has 4 unspecified atom stereocenters. The Balaban J connectivity index is 1.52. The van der Waals surface area contributed by atoms with Crippen molar-refractivity contribution in [1.82, 2.24) is 0 Å². The first kappa shape index (κ1) is 23.2. The summed E-state index contributed by atoms with van der Waals surface area (Å²) in [5.41, 5.74) is 2.78. The van der Waals surface area contributed by atoms with Gasteiger partial charge >= 0.3 is 0 Å². The van der Waals surface area contributed by atoms with Gasteiger partial charge < -0.3 is 9.84 Å². The summed E-state index contributed by atoms with van der Waals surface area (Å²) in [6.45, 7) is 1.61. The maximum Gasteiger partial charge on any atom is 0.238 e. The van der Waals surface area contributed by atoms with Crippen LogP contribution in [0.2, 0.25) is 0 Å². The highest BCUT2D eigenvalue weighted by atomic mass is 16.5.